The van der Waals surface area contributed by atoms with Crippen molar-refractivity contribution in [3.8, 4) is 51.7 Å². The molecule has 13 aromatic carbocycles. The highest BCUT2D eigenvalue weighted by Gasteiger charge is 2.29. The van der Waals surface area contributed by atoms with Gasteiger partial charge in [-0.05, 0) is 139 Å². The number of benzene rings is 13. The molecule has 0 radical (unpaired) electrons. The van der Waals surface area contributed by atoms with Gasteiger partial charge in [-0.2, -0.15) is 0 Å². The number of carbonyl (C=O) groups is 3. The molecule has 0 aliphatic carbocycles. The van der Waals surface area contributed by atoms with Gasteiger partial charge in [-0.25, -0.2) is 0 Å². The van der Waals surface area contributed by atoms with E-state index in [0.29, 0.717) is 90.5 Å². The van der Waals surface area contributed by atoms with E-state index in [2.05, 4.69) is 52.7 Å². The molecular formula is C105H108N6O12. The van der Waals surface area contributed by atoms with E-state index in [1.165, 1.54) is 33.4 Å². The van der Waals surface area contributed by atoms with E-state index in [0.717, 1.165) is 69.3 Å². The zero-order valence-electron chi connectivity index (χ0n) is 70.2. The first-order valence-corrected chi connectivity index (χ1v) is 42.3. The number of ether oxygens (including phenoxy) is 9. The van der Waals surface area contributed by atoms with Crippen LogP contribution in [0.2, 0.25) is 0 Å². The van der Waals surface area contributed by atoms with E-state index >= 15 is 0 Å². The fourth-order valence-corrected chi connectivity index (χ4v) is 14.7. The van der Waals surface area contributed by atoms with E-state index < -0.39 is 0 Å². The van der Waals surface area contributed by atoms with Crippen LogP contribution in [0.25, 0.3) is 0 Å². The molecule has 0 bridgehead atoms. The van der Waals surface area contributed by atoms with Gasteiger partial charge in [0.2, 0.25) is 17.2 Å². The Morgan fingerprint density at radius 2 is 0.382 bits per heavy atom. The number of hydrogen-bond acceptors (Lipinski definition) is 15. The Bertz CT molecular complexity index is 4890. The summed E-state index contributed by atoms with van der Waals surface area (Å²) in [7, 11) is 0. The molecule has 0 saturated heterocycles. The molecule has 0 aromatic heterocycles. The number of nitrogens with one attached hydrogen (secondary N) is 6. The largest absolute Gasteiger partial charge is 0.485 e. The van der Waals surface area contributed by atoms with Crippen LogP contribution in [0.5, 0.6) is 51.7 Å². The monoisotopic (exact) mass is 1640 g/mol. The molecule has 0 atom stereocenters. The van der Waals surface area contributed by atoms with E-state index in [1.807, 2.05) is 273 Å². The van der Waals surface area contributed by atoms with Gasteiger partial charge in [-0.3, -0.25) is 14.4 Å². The lowest BCUT2D eigenvalue weighted by atomic mass is 9.83. The predicted molar refractivity (Wildman–Crippen MR) is 483 cm³/mol. The summed E-state index contributed by atoms with van der Waals surface area (Å²) in [5, 5.41) is 20.9. The molecule has 630 valence electrons. The molecule has 0 spiro atoms. The summed E-state index contributed by atoms with van der Waals surface area (Å²) in [6.07, 6.45) is 2.19. The molecule has 18 heteroatoms. The second-order valence-corrected chi connectivity index (χ2v) is 29.5. The standard InChI is InChI=1S/C105H108N6O12/c1-4-85-91(64-106-58-61-109-103(112)88-52-55-94(115-67-76-34-16-7-17-35-76)100(121-73-82-46-28-13-29-47-82)97(88)118-70-79-40-22-10-23-41-79)86(5-2)93(66-108-60-63-111-105(114)90-54-57-96(117-69-78-38-20-9-21-39-78)102(123-75-84-50-32-15-33-51-84)99(90)120-72-81-44-26-12-27-45-81)87(6-3)92(85)65-107-59-62-110-104(113)89-53-56-95(116-68-77-36-18-8-19-37-77)101(122-74-83-48-30-14-31-49-83)98(89)119-71-80-42-24-11-25-43-80/h7-57,106-108H,4-6,58-75H2,1-3H3,(H,109,112)(H,110,113)(H,111,114). The summed E-state index contributed by atoms with van der Waals surface area (Å²) < 4.78 is 59.4. The zero-order valence-corrected chi connectivity index (χ0v) is 70.2. The van der Waals surface area contributed by atoms with Crippen LogP contribution in [-0.4, -0.2) is 57.0 Å². The first-order valence-electron chi connectivity index (χ1n) is 42.3. The van der Waals surface area contributed by atoms with Crippen molar-refractivity contribution in [2.45, 2.75) is 119 Å². The maximum atomic E-state index is 14.8. The van der Waals surface area contributed by atoms with Crippen LogP contribution in [0.15, 0.2) is 309 Å². The molecule has 0 aliphatic heterocycles. The first kappa shape index (κ1) is 87.2. The molecule has 0 heterocycles. The molecule has 123 heavy (non-hydrogen) atoms. The van der Waals surface area contributed by atoms with E-state index in [9.17, 15) is 14.4 Å². The Balaban J connectivity index is 0.750. The Labute approximate surface area is 722 Å². The smallest absolute Gasteiger partial charge is 0.255 e. The highest BCUT2D eigenvalue weighted by Crippen LogP contribution is 2.45. The number of hydrogen-bond donors (Lipinski definition) is 6. The van der Waals surface area contributed by atoms with Crippen LogP contribution in [0.1, 0.15) is 135 Å². The van der Waals surface area contributed by atoms with Gasteiger partial charge in [-0.1, -0.05) is 294 Å². The second kappa shape index (κ2) is 46.8. The van der Waals surface area contributed by atoms with Gasteiger partial charge < -0.3 is 74.5 Å². The Hall–Kier alpha value is -13.7. The third-order valence-electron chi connectivity index (χ3n) is 20.9. The lowest BCUT2D eigenvalue weighted by molar-refractivity contribution is 0.0939. The van der Waals surface area contributed by atoms with Crippen molar-refractivity contribution in [1.82, 2.24) is 31.9 Å². The molecule has 0 unspecified atom stereocenters. The Kier molecular flexibility index (Phi) is 33.2. The van der Waals surface area contributed by atoms with Gasteiger partial charge in [0.05, 0.1) is 16.7 Å². The molecule has 0 fully saturated rings. The third-order valence-corrected chi connectivity index (χ3v) is 20.9. The highest BCUT2D eigenvalue weighted by atomic mass is 16.6. The van der Waals surface area contributed by atoms with Crippen molar-refractivity contribution in [2.75, 3.05) is 39.3 Å². The van der Waals surface area contributed by atoms with Crippen LogP contribution in [0, 0.1) is 0 Å². The molecule has 0 aliphatic rings. The van der Waals surface area contributed by atoms with Gasteiger partial charge >= 0.3 is 0 Å². The SMILES string of the molecule is CCc1c(CNCCNC(=O)c2ccc(OCc3ccccc3)c(OCc3ccccc3)c2OCc2ccccc2)c(CC)c(CNCCNC(=O)c2ccc(OCc3ccccc3)c(OCc3ccccc3)c2OCc2ccccc2)c(CC)c1CNCCNC(=O)c1ccc(OCc2ccccc2)c(OCc2ccccc2)c1OCc1ccccc1. The minimum atomic E-state index is -0.336. The topological polar surface area (TPSA) is 206 Å². The fourth-order valence-electron chi connectivity index (χ4n) is 14.7. The summed E-state index contributed by atoms with van der Waals surface area (Å²) in [5.74, 6) is 2.11. The van der Waals surface area contributed by atoms with Crippen LogP contribution >= 0.6 is 0 Å². The number of carbonyl (C=O) groups excluding carboxylic acids is 3. The van der Waals surface area contributed by atoms with Crippen LogP contribution < -0.4 is 74.5 Å². The number of rotatable bonds is 48. The summed E-state index contributed by atoms with van der Waals surface area (Å²) in [4.78, 5) is 44.4. The predicted octanol–water partition coefficient (Wildman–Crippen LogP) is 19.1. The van der Waals surface area contributed by atoms with Crippen LogP contribution in [0.4, 0.5) is 0 Å². The van der Waals surface area contributed by atoms with Gasteiger partial charge in [0.1, 0.15) is 59.5 Å². The normalized spacial score (nSPS) is 11.0. The van der Waals surface area contributed by atoms with E-state index in [1.54, 1.807) is 36.4 Å². The van der Waals surface area contributed by atoms with Crippen molar-refractivity contribution in [1.29, 1.82) is 0 Å². The van der Waals surface area contributed by atoms with Crippen molar-refractivity contribution in [2.24, 2.45) is 0 Å². The van der Waals surface area contributed by atoms with Gasteiger partial charge in [0, 0.05) is 58.9 Å². The van der Waals surface area contributed by atoms with Crippen molar-refractivity contribution < 1.29 is 57.0 Å². The lowest BCUT2D eigenvalue weighted by Gasteiger charge is -2.27. The van der Waals surface area contributed by atoms with Gasteiger partial charge in [-0.15, -0.1) is 0 Å². The summed E-state index contributed by atoms with van der Waals surface area (Å²) in [5.41, 5.74) is 16.6. The van der Waals surface area contributed by atoms with Crippen molar-refractivity contribution in [3.63, 3.8) is 0 Å². The average molecular weight is 1650 g/mol. The maximum Gasteiger partial charge on any atom is 0.255 e. The van der Waals surface area contributed by atoms with Gasteiger partial charge in [0.15, 0.2) is 34.5 Å². The fraction of sp³-hybridized carbons (Fsp3) is 0.229. The first-order chi connectivity index (χ1) is 60.7. The average Bonchev–Trinajstić information content (AvgIpc) is 0.786. The summed E-state index contributed by atoms with van der Waals surface area (Å²) >= 11 is 0. The van der Waals surface area contributed by atoms with Gasteiger partial charge in [0.25, 0.3) is 17.7 Å². The molecule has 13 rings (SSSR count). The highest BCUT2D eigenvalue weighted by molar-refractivity contribution is 6.00. The zero-order chi connectivity index (χ0) is 84.8. The molecular weight excluding hydrogens is 1540 g/mol. The molecule has 13 aromatic rings. The van der Waals surface area contributed by atoms with Crippen molar-refractivity contribution >= 4 is 17.7 Å². The minimum Gasteiger partial charge on any atom is -0.485 e. The molecule has 0 saturated carbocycles. The Morgan fingerprint density at radius 3 is 0.569 bits per heavy atom. The molecule has 3 amide bonds. The van der Waals surface area contributed by atoms with Crippen LogP contribution in [-0.2, 0) is 98.4 Å². The second-order valence-electron chi connectivity index (χ2n) is 29.5. The van der Waals surface area contributed by atoms with E-state index in [4.69, 9.17) is 42.6 Å². The van der Waals surface area contributed by atoms with E-state index in [-0.39, 0.29) is 114 Å². The Morgan fingerprint density at radius 1 is 0.203 bits per heavy atom. The molecule has 18 nitrogen and oxygen atoms in total. The van der Waals surface area contributed by atoms with Crippen LogP contribution in [0.3, 0.4) is 0 Å². The molecule has 6 N–H and O–H groups in total. The van der Waals surface area contributed by atoms with Crippen molar-refractivity contribution in [3.05, 3.63) is 410 Å². The number of amides is 3. The minimum absolute atomic E-state index is 0.175. The maximum absolute atomic E-state index is 14.8. The summed E-state index contributed by atoms with van der Waals surface area (Å²) in [6, 6.07) is 99.3. The summed E-state index contributed by atoms with van der Waals surface area (Å²) in [6.45, 7) is 12.2. The quantitative estimate of drug-likeness (QED) is 0.0196. The lowest BCUT2D eigenvalue weighted by Crippen LogP contribution is -2.34. The third kappa shape index (κ3) is 25.2.